The molecule has 0 spiro atoms. The molecule has 1 aromatic heterocycles. The summed E-state index contributed by atoms with van der Waals surface area (Å²) in [6, 6.07) is 111. The number of furan rings is 1. The molecule has 0 amide bonds. The molecule has 0 fully saturated rings. The van der Waals surface area contributed by atoms with Crippen molar-refractivity contribution < 1.29 is 31.5 Å². The summed E-state index contributed by atoms with van der Waals surface area (Å²) in [6.45, 7) is 16.3. The number of ether oxygens (including phenoxy) is 2. The lowest BCUT2D eigenvalue weighted by molar-refractivity contribution is 0.482. The molecule has 2 aliphatic carbocycles. The molecule has 0 saturated heterocycles. The number of hydrogen-bond donors (Lipinski definition) is 0. The highest BCUT2D eigenvalue weighted by Crippen LogP contribution is 2.60. The highest BCUT2D eigenvalue weighted by molar-refractivity contribution is 6.09. The summed E-state index contributed by atoms with van der Waals surface area (Å²) in [5.41, 5.74) is 26.3. The number of anilines is 6. The van der Waals surface area contributed by atoms with E-state index in [1.165, 1.54) is 24.3 Å². The predicted octanol–water partition coefficient (Wildman–Crippen LogP) is 29.2. The number of fused-ring (bicyclic) bond motifs is 9. The zero-order valence-corrected chi connectivity index (χ0v) is 63.5. The molecule has 0 radical (unpaired) electrons. The van der Waals surface area contributed by atoms with Crippen LogP contribution in [0, 0.1) is 51.0 Å². The lowest BCUT2D eigenvalue weighted by Gasteiger charge is -2.35. The molecule has 0 N–H and O–H groups in total. The highest BCUT2D eigenvalue weighted by Gasteiger charge is 2.48. The van der Waals surface area contributed by atoms with Crippen LogP contribution < -0.4 is 19.3 Å². The Morgan fingerprint density at radius 3 is 0.948 bits per heavy atom. The van der Waals surface area contributed by atoms with Crippen LogP contribution in [0.3, 0.4) is 0 Å². The van der Waals surface area contributed by atoms with E-state index in [-0.39, 0.29) is 23.3 Å². The van der Waals surface area contributed by atoms with Crippen molar-refractivity contribution in [1.82, 2.24) is 0 Å². The van der Waals surface area contributed by atoms with Crippen LogP contribution in [0.25, 0.3) is 78.6 Å². The second kappa shape index (κ2) is 28.5. The molecule has 16 aromatic carbocycles. The van der Waals surface area contributed by atoms with E-state index in [0.717, 1.165) is 167 Å². The van der Waals surface area contributed by atoms with Gasteiger partial charge >= 0.3 is 0 Å². The molecule has 2 unspecified atom stereocenters. The van der Waals surface area contributed by atoms with Gasteiger partial charge in [-0.05, 0) is 332 Å². The standard InChI is InChI=1S/C106H74F4N2O3/c1-7-69-17-45-85(46-18-69)113-87-49-29-75(30-50-87)105(73-25-37-79(109)38-26-73)97-15-11-9-13-89(97)91-53-41-83(63-99(91)105)111(101-59-65(3)93(57-67(101)5)71-21-33-77(107)34-22-71)81-43-55-103-95(61-81)96-62-82(44-56-104(96)115-103)112(102-60-66(4)94(58-68(102)6)72-23-35-78(108)36-24-72)84-42-54-92-90-14-10-12-16-98(90)106(100(92)64-84,74-27-39-80(110)40-28-74)76-31-51-88(52-32-76)114-86-47-19-70(8-2)20-48-86/h7-64H,1-2H2,3-6H3. The van der Waals surface area contributed by atoms with Crippen LogP contribution in [0.1, 0.15) is 77.9 Å². The van der Waals surface area contributed by atoms with E-state index in [1.807, 2.05) is 121 Å². The Labute approximate surface area is 665 Å². The Morgan fingerprint density at radius 2 is 0.591 bits per heavy atom. The zero-order valence-electron chi connectivity index (χ0n) is 63.5. The van der Waals surface area contributed by atoms with E-state index in [0.29, 0.717) is 34.2 Å². The van der Waals surface area contributed by atoms with Crippen LogP contribution in [0.2, 0.25) is 0 Å². The highest BCUT2D eigenvalue weighted by atomic mass is 19.1. The molecule has 17 aromatic rings. The molecule has 0 saturated carbocycles. The fourth-order valence-electron chi connectivity index (χ4n) is 17.8. The molecule has 9 heteroatoms. The molecule has 2 aliphatic rings. The minimum Gasteiger partial charge on any atom is -0.457 e. The number of nitrogens with zero attached hydrogens (tertiary/aromatic N) is 2. The third kappa shape index (κ3) is 12.2. The molecule has 115 heavy (non-hydrogen) atoms. The maximum absolute atomic E-state index is 15.5. The van der Waals surface area contributed by atoms with Gasteiger partial charge in [0.25, 0.3) is 0 Å². The predicted molar refractivity (Wildman–Crippen MR) is 461 cm³/mol. The van der Waals surface area contributed by atoms with Gasteiger partial charge in [-0.25, -0.2) is 17.6 Å². The molecular formula is C106H74F4N2O3. The van der Waals surface area contributed by atoms with Crippen LogP contribution in [0.5, 0.6) is 23.0 Å². The van der Waals surface area contributed by atoms with E-state index < -0.39 is 10.8 Å². The topological polar surface area (TPSA) is 38.1 Å². The molecule has 1 heterocycles. The first-order chi connectivity index (χ1) is 56.1. The Balaban J connectivity index is 0.800. The van der Waals surface area contributed by atoms with Crippen LogP contribution in [-0.4, -0.2) is 0 Å². The molecule has 5 nitrogen and oxygen atoms in total. The van der Waals surface area contributed by atoms with Gasteiger partial charge in [-0.1, -0.05) is 183 Å². The summed E-state index contributed by atoms with van der Waals surface area (Å²) in [6.07, 6.45) is 3.61. The van der Waals surface area contributed by atoms with Gasteiger partial charge in [-0.15, -0.1) is 0 Å². The average Bonchev–Trinajstić information content (AvgIpc) is 1.55. The minimum absolute atomic E-state index is 0.309. The van der Waals surface area contributed by atoms with Crippen molar-refractivity contribution >= 4 is 68.2 Å². The average molecular weight is 1500 g/mol. The van der Waals surface area contributed by atoms with Gasteiger partial charge in [0.05, 0.1) is 10.8 Å². The van der Waals surface area contributed by atoms with Gasteiger partial charge in [-0.2, -0.15) is 0 Å². The van der Waals surface area contributed by atoms with Crippen molar-refractivity contribution in [2.75, 3.05) is 9.80 Å². The second-order valence-electron chi connectivity index (χ2n) is 29.9. The van der Waals surface area contributed by atoms with Crippen LogP contribution in [0.15, 0.2) is 357 Å². The maximum Gasteiger partial charge on any atom is 0.135 e. The molecule has 19 rings (SSSR count). The summed E-state index contributed by atoms with van der Waals surface area (Å²) < 4.78 is 80.3. The SMILES string of the molecule is C=Cc1ccc(Oc2ccc(C3(c4ccc(F)cc4)c4ccccc4-c4ccc(N(c5ccc6oc7ccc(N(c8ccc9c(c8)C(c8ccc(F)cc8)(c8ccc(Oc%10ccc(C=C)cc%10)cc8)c8ccccc8-9)c8cc(C)c(-c9ccc(F)cc9)cc8C)cc7c6c5)c5cc(C)c(-c6ccc(F)cc6)cc5C)cc43)cc2)cc1. The fourth-order valence-corrected chi connectivity index (χ4v) is 17.8. The van der Waals surface area contributed by atoms with Crippen LogP contribution >= 0.6 is 0 Å². The van der Waals surface area contributed by atoms with Crippen molar-refractivity contribution in [1.29, 1.82) is 0 Å². The van der Waals surface area contributed by atoms with E-state index in [9.17, 15) is 8.78 Å². The zero-order chi connectivity index (χ0) is 78.4. The second-order valence-corrected chi connectivity index (χ2v) is 29.9. The third-order valence-corrected chi connectivity index (χ3v) is 23.2. The van der Waals surface area contributed by atoms with Gasteiger partial charge in [0.2, 0.25) is 0 Å². The van der Waals surface area contributed by atoms with Crippen LogP contribution in [-0.2, 0) is 10.8 Å². The van der Waals surface area contributed by atoms with Crippen molar-refractivity contribution in [2.45, 2.75) is 38.5 Å². The van der Waals surface area contributed by atoms with Gasteiger partial charge in [0.15, 0.2) is 0 Å². The first kappa shape index (κ1) is 71.1. The Kier molecular flexibility index (Phi) is 17.6. The van der Waals surface area contributed by atoms with Gasteiger partial charge < -0.3 is 23.7 Å². The number of hydrogen-bond acceptors (Lipinski definition) is 5. The molecule has 2 atom stereocenters. The minimum atomic E-state index is -0.958. The number of aryl methyl sites for hydroxylation is 4. The lowest BCUT2D eigenvalue weighted by Crippen LogP contribution is -2.29. The van der Waals surface area contributed by atoms with E-state index in [1.54, 1.807) is 36.4 Å². The lowest BCUT2D eigenvalue weighted by atomic mass is 9.67. The summed E-state index contributed by atoms with van der Waals surface area (Å²) in [4.78, 5) is 4.65. The summed E-state index contributed by atoms with van der Waals surface area (Å²) >= 11 is 0. The van der Waals surface area contributed by atoms with E-state index in [4.69, 9.17) is 13.9 Å². The molecule has 554 valence electrons. The largest absolute Gasteiger partial charge is 0.457 e. The quantitative estimate of drug-likeness (QED) is 0.0801. The van der Waals surface area contributed by atoms with Crippen molar-refractivity contribution in [3.05, 3.63) is 454 Å². The van der Waals surface area contributed by atoms with Crippen LogP contribution in [0.4, 0.5) is 51.7 Å². The monoisotopic (exact) mass is 1500 g/mol. The smallest absolute Gasteiger partial charge is 0.135 e. The molecule has 0 bridgehead atoms. The Hall–Kier alpha value is -14.3. The molecular weight excluding hydrogens is 1430 g/mol. The van der Waals surface area contributed by atoms with Gasteiger partial charge in [-0.3, -0.25) is 0 Å². The van der Waals surface area contributed by atoms with Crippen molar-refractivity contribution in [3.8, 4) is 67.5 Å². The Bertz CT molecular complexity index is 6290. The van der Waals surface area contributed by atoms with E-state index in [2.05, 4.69) is 221 Å². The summed E-state index contributed by atoms with van der Waals surface area (Å²) in [5.74, 6) is 1.40. The summed E-state index contributed by atoms with van der Waals surface area (Å²) in [5, 5.41) is 1.73. The van der Waals surface area contributed by atoms with Gasteiger partial charge in [0.1, 0.15) is 57.4 Å². The molecule has 0 aliphatic heterocycles. The number of rotatable bonds is 18. The first-order valence-electron chi connectivity index (χ1n) is 38.5. The van der Waals surface area contributed by atoms with Gasteiger partial charge in [0, 0.05) is 44.9 Å². The fraction of sp³-hybridized carbons (Fsp3) is 0.0566. The number of benzene rings is 16. The normalized spacial score (nSPS) is 14.4. The van der Waals surface area contributed by atoms with Crippen molar-refractivity contribution in [3.63, 3.8) is 0 Å². The first-order valence-corrected chi connectivity index (χ1v) is 38.5. The van der Waals surface area contributed by atoms with E-state index >= 15 is 8.78 Å². The summed E-state index contributed by atoms with van der Waals surface area (Å²) in [7, 11) is 0. The number of halogens is 4. The van der Waals surface area contributed by atoms with Crippen molar-refractivity contribution in [2.24, 2.45) is 0 Å². The maximum atomic E-state index is 15.5. The Morgan fingerprint density at radius 1 is 0.287 bits per heavy atom. The third-order valence-electron chi connectivity index (χ3n) is 23.2.